The first-order valence-corrected chi connectivity index (χ1v) is 8.62. The van der Waals surface area contributed by atoms with Crippen molar-refractivity contribution in [3.05, 3.63) is 40.2 Å². The summed E-state index contributed by atoms with van der Waals surface area (Å²) in [6.07, 6.45) is 0. The van der Waals surface area contributed by atoms with Gasteiger partial charge in [0.1, 0.15) is 9.86 Å². The van der Waals surface area contributed by atoms with E-state index in [2.05, 4.69) is 28.3 Å². The van der Waals surface area contributed by atoms with Gasteiger partial charge in [0.25, 0.3) is 0 Å². The molecule has 0 atom stereocenters. The summed E-state index contributed by atoms with van der Waals surface area (Å²) in [4.78, 5) is 12.5. The molecule has 0 unspecified atom stereocenters. The van der Waals surface area contributed by atoms with Gasteiger partial charge in [0.2, 0.25) is 5.95 Å². The Balaban J connectivity index is 2.06. The number of thiophene rings is 1. The van der Waals surface area contributed by atoms with E-state index in [1.165, 1.54) is 4.88 Å². The lowest BCUT2D eigenvalue weighted by Gasteiger charge is -2.06. The molecule has 0 saturated heterocycles. The van der Waals surface area contributed by atoms with Gasteiger partial charge in [0.15, 0.2) is 0 Å². The van der Waals surface area contributed by atoms with Crippen LogP contribution >= 0.6 is 34.7 Å². The zero-order valence-electron chi connectivity index (χ0n) is 11.7. The van der Waals surface area contributed by atoms with Crippen LogP contribution in [-0.2, 0) is 0 Å². The van der Waals surface area contributed by atoms with Crippen molar-refractivity contribution in [2.45, 2.75) is 23.8 Å². The van der Waals surface area contributed by atoms with E-state index in [-0.39, 0.29) is 0 Å². The van der Waals surface area contributed by atoms with Crippen LogP contribution in [0.1, 0.15) is 11.8 Å². The first-order valence-electron chi connectivity index (χ1n) is 6.61. The summed E-state index contributed by atoms with van der Waals surface area (Å²) in [5.74, 6) is 0.677. The quantitative estimate of drug-likeness (QED) is 0.662. The van der Waals surface area contributed by atoms with E-state index in [9.17, 15) is 0 Å². The van der Waals surface area contributed by atoms with E-state index in [0.29, 0.717) is 5.95 Å². The molecule has 0 aliphatic heterocycles. The van der Waals surface area contributed by atoms with Gasteiger partial charge in [-0.15, -0.1) is 11.3 Å². The summed E-state index contributed by atoms with van der Waals surface area (Å²) in [7, 11) is 0. The minimum absolute atomic E-state index is 0.677. The third-order valence-corrected chi connectivity index (χ3v) is 5.00. The lowest BCUT2D eigenvalue weighted by Crippen LogP contribution is -2.02. The van der Waals surface area contributed by atoms with Gasteiger partial charge in [0, 0.05) is 26.7 Å². The van der Waals surface area contributed by atoms with Crippen molar-refractivity contribution in [1.82, 2.24) is 9.97 Å². The Morgan fingerprint density at radius 2 is 2.14 bits per heavy atom. The Hall–Kier alpha value is -1.30. The monoisotopic (exact) mass is 335 g/mol. The van der Waals surface area contributed by atoms with Gasteiger partial charge in [-0.1, -0.05) is 29.4 Å². The Bertz CT molecular complexity index is 786. The topological polar surface area (TPSA) is 37.8 Å². The van der Waals surface area contributed by atoms with Crippen LogP contribution in [0, 0.1) is 6.92 Å². The van der Waals surface area contributed by atoms with Crippen molar-refractivity contribution in [3.63, 3.8) is 0 Å². The molecule has 0 saturated carbocycles. The van der Waals surface area contributed by atoms with Crippen LogP contribution in [0.15, 0.2) is 40.3 Å². The number of hydrogen-bond acceptors (Lipinski definition) is 5. The number of nitrogens with zero attached hydrogens (tertiary/aromatic N) is 2. The molecule has 108 valence electrons. The van der Waals surface area contributed by atoms with Gasteiger partial charge in [-0.2, -0.15) is 0 Å². The molecule has 3 nitrogen and oxygen atoms in total. The Labute approximate surface area is 136 Å². The number of fused-ring (bicyclic) bond motifs is 1. The molecule has 1 N–H and O–H groups in total. The van der Waals surface area contributed by atoms with Crippen molar-refractivity contribution in [2.75, 3.05) is 11.9 Å². The van der Waals surface area contributed by atoms with Crippen LogP contribution in [0.5, 0.6) is 0 Å². The maximum absolute atomic E-state index is 6.06. The zero-order valence-corrected chi connectivity index (χ0v) is 14.1. The van der Waals surface area contributed by atoms with Crippen molar-refractivity contribution >= 4 is 50.9 Å². The number of benzene rings is 1. The van der Waals surface area contributed by atoms with Crippen LogP contribution in [-0.4, -0.2) is 16.5 Å². The predicted molar refractivity (Wildman–Crippen MR) is 91.9 cm³/mol. The fourth-order valence-electron chi connectivity index (χ4n) is 1.97. The second-order valence-corrected chi connectivity index (χ2v) is 7.25. The molecule has 0 aliphatic carbocycles. The van der Waals surface area contributed by atoms with Gasteiger partial charge in [-0.05, 0) is 38.1 Å². The standard InChI is InChI=1S/C15H14ClN3S2/c1-3-17-15-18-13-12(7-9(2)20-13)14(19-15)21-11-6-4-5-10(16)8-11/h4-8H,3H2,1-2H3,(H,17,18,19). The summed E-state index contributed by atoms with van der Waals surface area (Å²) in [5, 5.41) is 5.99. The van der Waals surface area contributed by atoms with Gasteiger partial charge in [-0.25, -0.2) is 9.97 Å². The number of anilines is 1. The Kier molecular flexibility index (Phi) is 4.33. The molecule has 2 aromatic heterocycles. The van der Waals surface area contributed by atoms with Crippen LogP contribution in [0.2, 0.25) is 5.02 Å². The molecule has 21 heavy (non-hydrogen) atoms. The highest BCUT2D eigenvalue weighted by atomic mass is 35.5. The largest absolute Gasteiger partial charge is 0.354 e. The highest BCUT2D eigenvalue weighted by Gasteiger charge is 2.12. The normalized spacial score (nSPS) is 11.0. The molecule has 0 spiro atoms. The fraction of sp³-hybridized carbons (Fsp3) is 0.200. The van der Waals surface area contributed by atoms with Gasteiger partial charge < -0.3 is 5.32 Å². The molecule has 0 radical (unpaired) electrons. The summed E-state index contributed by atoms with van der Waals surface area (Å²) < 4.78 is 0. The lowest BCUT2D eigenvalue weighted by atomic mass is 10.4. The van der Waals surface area contributed by atoms with E-state index in [4.69, 9.17) is 11.6 Å². The molecule has 1 aromatic carbocycles. The number of hydrogen-bond donors (Lipinski definition) is 1. The molecule has 3 rings (SSSR count). The summed E-state index contributed by atoms with van der Waals surface area (Å²) >= 11 is 9.36. The third kappa shape index (κ3) is 3.31. The maximum Gasteiger partial charge on any atom is 0.225 e. The molecule has 0 fully saturated rings. The van der Waals surface area contributed by atoms with Gasteiger partial charge in [0.05, 0.1) is 0 Å². The molecule has 3 aromatic rings. The predicted octanol–water partition coefficient (Wildman–Crippen LogP) is 5.24. The van der Waals surface area contributed by atoms with Crippen LogP contribution in [0.25, 0.3) is 10.2 Å². The average Bonchev–Trinajstić information content (AvgIpc) is 2.80. The maximum atomic E-state index is 6.06. The summed E-state index contributed by atoms with van der Waals surface area (Å²) in [5.41, 5.74) is 0. The van der Waals surface area contributed by atoms with E-state index in [0.717, 1.165) is 31.7 Å². The number of aromatic nitrogens is 2. The first kappa shape index (κ1) is 14.6. The zero-order chi connectivity index (χ0) is 14.8. The minimum Gasteiger partial charge on any atom is -0.354 e. The van der Waals surface area contributed by atoms with Crippen LogP contribution < -0.4 is 5.32 Å². The molecule has 0 aliphatic rings. The second-order valence-electron chi connectivity index (χ2n) is 4.52. The summed E-state index contributed by atoms with van der Waals surface area (Å²) in [6, 6.07) is 9.96. The second kappa shape index (κ2) is 6.22. The van der Waals surface area contributed by atoms with Gasteiger partial charge in [-0.3, -0.25) is 0 Å². The van der Waals surface area contributed by atoms with Crippen LogP contribution in [0.3, 0.4) is 0 Å². The first-order chi connectivity index (χ1) is 10.2. The van der Waals surface area contributed by atoms with E-state index >= 15 is 0 Å². The van der Waals surface area contributed by atoms with E-state index in [1.807, 2.05) is 31.2 Å². The minimum atomic E-state index is 0.677. The van der Waals surface area contributed by atoms with Gasteiger partial charge >= 0.3 is 0 Å². The van der Waals surface area contributed by atoms with E-state index in [1.54, 1.807) is 23.1 Å². The molecular weight excluding hydrogens is 322 g/mol. The van der Waals surface area contributed by atoms with Crippen molar-refractivity contribution in [3.8, 4) is 0 Å². The van der Waals surface area contributed by atoms with E-state index < -0.39 is 0 Å². The average molecular weight is 336 g/mol. The number of nitrogens with one attached hydrogen (secondary N) is 1. The highest BCUT2D eigenvalue weighted by molar-refractivity contribution is 7.99. The molecular formula is C15H14ClN3S2. The van der Waals surface area contributed by atoms with Crippen molar-refractivity contribution in [2.24, 2.45) is 0 Å². The molecule has 6 heteroatoms. The Morgan fingerprint density at radius 3 is 2.90 bits per heavy atom. The molecule has 2 heterocycles. The Morgan fingerprint density at radius 1 is 1.29 bits per heavy atom. The number of rotatable bonds is 4. The molecule has 0 bridgehead atoms. The fourth-order valence-corrected chi connectivity index (χ4v) is 4.13. The smallest absolute Gasteiger partial charge is 0.225 e. The number of halogens is 1. The van der Waals surface area contributed by atoms with Crippen molar-refractivity contribution in [1.29, 1.82) is 0 Å². The SMILES string of the molecule is CCNc1nc(Sc2cccc(Cl)c2)c2cc(C)sc2n1. The van der Waals surface area contributed by atoms with Crippen LogP contribution in [0.4, 0.5) is 5.95 Å². The number of aryl methyl sites for hydroxylation is 1. The highest BCUT2D eigenvalue weighted by Crippen LogP contribution is 2.36. The molecule has 0 amide bonds. The summed E-state index contributed by atoms with van der Waals surface area (Å²) in [6.45, 7) is 4.93. The van der Waals surface area contributed by atoms with Crippen molar-refractivity contribution < 1.29 is 0 Å². The lowest BCUT2D eigenvalue weighted by molar-refractivity contribution is 1.06. The third-order valence-electron chi connectivity index (χ3n) is 2.83.